The van der Waals surface area contributed by atoms with Gasteiger partial charge in [-0.2, -0.15) is 0 Å². The molecule has 0 aliphatic rings. The second-order valence-corrected chi connectivity index (χ2v) is 4.86. The fraction of sp³-hybridized carbons (Fsp3) is 0.235. The van der Waals surface area contributed by atoms with Crippen molar-refractivity contribution >= 4 is 5.96 Å². The Morgan fingerprint density at radius 2 is 1.59 bits per heavy atom. The fourth-order valence-corrected chi connectivity index (χ4v) is 2.07. The third kappa shape index (κ3) is 5.16. The Balaban J connectivity index is 1.78. The molecule has 2 aromatic carbocycles. The maximum atomic E-state index is 13.1. The summed E-state index contributed by atoms with van der Waals surface area (Å²) in [5.41, 5.74) is 1.76. The van der Waals surface area contributed by atoms with E-state index >= 15 is 0 Å². The van der Waals surface area contributed by atoms with Crippen LogP contribution in [-0.4, -0.2) is 19.6 Å². The topological polar surface area (TPSA) is 36.4 Å². The first-order chi connectivity index (χ1) is 10.7. The van der Waals surface area contributed by atoms with E-state index in [4.69, 9.17) is 0 Å². The Kier molecular flexibility index (Phi) is 5.89. The molecule has 0 unspecified atom stereocenters. The van der Waals surface area contributed by atoms with E-state index in [1.165, 1.54) is 24.3 Å². The highest BCUT2D eigenvalue weighted by Crippen LogP contribution is 2.04. The first-order valence-corrected chi connectivity index (χ1v) is 7.11. The van der Waals surface area contributed by atoms with E-state index in [9.17, 15) is 8.78 Å². The molecule has 2 N–H and O–H groups in total. The van der Waals surface area contributed by atoms with Gasteiger partial charge in [0.05, 0.1) is 0 Å². The summed E-state index contributed by atoms with van der Waals surface area (Å²) in [5.74, 6) is 0.139. The highest BCUT2D eigenvalue weighted by Gasteiger charge is 2.00. The molecular formula is C17H19F2N3. The van der Waals surface area contributed by atoms with Gasteiger partial charge in [-0.05, 0) is 41.8 Å². The van der Waals surface area contributed by atoms with Crippen molar-refractivity contribution in [1.82, 2.24) is 10.6 Å². The van der Waals surface area contributed by atoms with Crippen molar-refractivity contribution in [3.05, 3.63) is 71.3 Å². The standard InChI is InChI=1S/C17H19F2N3/c1-20-17(22-12-14-5-3-7-16(19)11-14)21-9-8-13-4-2-6-15(18)10-13/h2-7,10-11H,8-9,12H2,1H3,(H2,20,21,22). The summed E-state index contributed by atoms with van der Waals surface area (Å²) in [6.45, 7) is 1.11. The molecule has 116 valence electrons. The van der Waals surface area contributed by atoms with Crippen molar-refractivity contribution in [2.45, 2.75) is 13.0 Å². The Labute approximate surface area is 129 Å². The normalized spacial score (nSPS) is 11.3. The summed E-state index contributed by atoms with van der Waals surface area (Å²) in [6, 6.07) is 12.9. The molecule has 5 heteroatoms. The van der Waals surface area contributed by atoms with Crippen LogP contribution in [0.1, 0.15) is 11.1 Å². The molecule has 2 rings (SSSR count). The smallest absolute Gasteiger partial charge is 0.191 e. The highest BCUT2D eigenvalue weighted by molar-refractivity contribution is 5.79. The lowest BCUT2D eigenvalue weighted by Gasteiger charge is -2.12. The molecule has 0 aliphatic heterocycles. The van der Waals surface area contributed by atoms with Gasteiger partial charge in [0.1, 0.15) is 11.6 Å². The number of benzene rings is 2. The van der Waals surface area contributed by atoms with Crippen molar-refractivity contribution in [2.75, 3.05) is 13.6 Å². The van der Waals surface area contributed by atoms with Crippen LogP contribution < -0.4 is 10.6 Å². The van der Waals surface area contributed by atoms with E-state index < -0.39 is 0 Å². The molecule has 22 heavy (non-hydrogen) atoms. The Morgan fingerprint density at radius 3 is 2.23 bits per heavy atom. The number of hydrogen-bond donors (Lipinski definition) is 2. The van der Waals surface area contributed by atoms with Gasteiger partial charge in [0.15, 0.2) is 5.96 Å². The fourth-order valence-electron chi connectivity index (χ4n) is 2.07. The molecular weight excluding hydrogens is 284 g/mol. The van der Waals surface area contributed by atoms with Gasteiger partial charge >= 0.3 is 0 Å². The van der Waals surface area contributed by atoms with Crippen LogP contribution in [0.2, 0.25) is 0 Å². The highest BCUT2D eigenvalue weighted by atomic mass is 19.1. The summed E-state index contributed by atoms with van der Waals surface area (Å²) in [5, 5.41) is 6.25. The maximum Gasteiger partial charge on any atom is 0.191 e. The first kappa shape index (κ1) is 15.9. The summed E-state index contributed by atoms with van der Waals surface area (Å²) >= 11 is 0. The van der Waals surface area contributed by atoms with Crippen molar-refractivity contribution < 1.29 is 8.78 Å². The molecule has 3 nitrogen and oxygen atoms in total. The van der Waals surface area contributed by atoms with E-state index in [1.54, 1.807) is 19.2 Å². The molecule has 0 saturated heterocycles. The van der Waals surface area contributed by atoms with E-state index in [2.05, 4.69) is 15.6 Å². The molecule has 0 atom stereocenters. The third-order valence-corrected chi connectivity index (χ3v) is 3.17. The van der Waals surface area contributed by atoms with Gasteiger partial charge < -0.3 is 10.6 Å². The monoisotopic (exact) mass is 303 g/mol. The molecule has 2 aromatic rings. The number of nitrogens with one attached hydrogen (secondary N) is 2. The number of rotatable bonds is 5. The van der Waals surface area contributed by atoms with Gasteiger partial charge in [0, 0.05) is 20.1 Å². The molecule has 0 saturated carbocycles. The molecule has 0 radical (unpaired) electrons. The van der Waals surface area contributed by atoms with Gasteiger partial charge in [-0.15, -0.1) is 0 Å². The predicted molar refractivity (Wildman–Crippen MR) is 84.7 cm³/mol. The molecule has 0 amide bonds. The van der Waals surface area contributed by atoms with Crippen LogP contribution in [0.3, 0.4) is 0 Å². The second-order valence-electron chi connectivity index (χ2n) is 4.86. The van der Waals surface area contributed by atoms with Crippen molar-refractivity contribution in [1.29, 1.82) is 0 Å². The summed E-state index contributed by atoms with van der Waals surface area (Å²) in [6.07, 6.45) is 0.693. The van der Waals surface area contributed by atoms with Crippen LogP contribution in [0.4, 0.5) is 8.78 Å². The van der Waals surface area contributed by atoms with Crippen LogP contribution in [0.25, 0.3) is 0 Å². The Morgan fingerprint density at radius 1 is 0.955 bits per heavy atom. The minimum atomic E-state index is -0.256. The van der Waals surface area contributed by atoms with E-state index in [0.29, 0.717) is 25.5 Å². The van der Waals surface area contributed by atoms with E-state index in [0.717, 1.165) is 11.1 Å². The maximum absolute atomic E-state index is 13.1. The quantitative estimate of drug-likeness (QED) is 0.658. The van der Waals surface area contributed by atoms with Gasteiger partial charge in [-0.25, -0.2) is 8.78 Å². The lowest BCUT2D eigenvalue weighted by Crippen LogP contribution is -2.37. The summed E-state index contributed by atoms with van der Waals surface area (Å²) in [7, 11) is 1.67. The van der Waals surface area contributed by atoms with Crippen molar-refractivity contribution in [3.63, 3.8) is 0 Å². The number of hydrogen-bond acceptors (Lipinski definition) is 1. The predicted octanol–water partition coefficient (Wildman–Crippen LogP) is 2.87. The third-order valence-electron chi connectivity index (χ3n) is 3.17. The number of nitrogens with zero attached hydrogens (tertiary/aromatic N) is 1. The zero-order valence-electron chi connectivity index (χ0n) is 12.4. The zero-order chi connectivity index (χ0) is 15.8. The molecule has 0 heterocycles. The molecule has 0 spiro atoms. The number of halogens is 2. The molecule has 0 aliphatic carbocycles. The molecule has 0 bridgehead atoms. The minimum absolute atomic E-state index is 0.230. The van der Waals surface area contributed by atoms with E-state index in [1.807, 2.05) is 12.1 Å². The van der Waals surface area contributed by atoms with Gasteiger partial charge in [-0.3, -0.25) is 4.99 Å². The van der Waals surface area contributed by atoms with Gasteiger partial charge in [-0.1, -0.05) is 24.3 Å². The number of aliphatic imine (C=N–C) groups is 1. The molecule has 0 aromatic heterocycles. The van der Waals surface area contributed by atoms with Crippen LogP contribution in [0, 0.1) is 11.6 Å². The minimum Gasteiger partial charge on any atom is -0.356 e. The van der Waals surface area contributed by atoms with Gasteiger partial charge in [0.2, 0.25) is 0 Å². The summed E-state index contributed by atoms with van der Waals surface area (Å²) < 4.78 is 26.2. The van der Waals surface area contributed by atoms with Crippen molar-refractivity contribution in [3.8, 4) is 0 Å². The van der Waals surface area contributed by atoms with Crippen LogP contribution in [0.15, 0.2) is 53.5 Å². The van der Waals surface area contributed by atoms with E-state index in [-0.39, 0.29) is 11.6 Å². The van der Waals surface area contributed by atoms with Crippen molar-refractivity contribution in [2.24, 2.45) is 4.99 Å². The number of guanidine groups is 1. The second kappa shape index (κ2) is 8.12. The average molecular weight is 303 g/mol. The SMILES string of the molecule is CN=C(NCCc1cccc(F)c1)NCc1cccc(F)c1. The van der Waals surface area contributed by atoms with Crippen LogP contribution in [-0.2, 0) is 13.0 Å². The first-order valence-electron chi connectivity index (χ1n) is 7.11. The van der Waals surface area contributed by atoms with Gasteiger partial charge in [0.25, 0.3) is 0 Å². The lowest BCUT2D eigenvalue weighted by atomic mass is 10.1. The van der Waals surface area contributed by atoms with Crippen LogP contribution >= 0.6 is 0 Å². The Hall–Kier alpha value is -2.43. The summed E-state index contributed by atoms with van der Waals surface area (Å²) in [4.78, 5) is 4.10. The molecule has 0 fully saturated rings. The van der Waals surface area contributed by atoms with Crippen LogP contribution in [0.5, 0.6) is 0 Å². The lowest BCUT2D eigenvalue weighted by molar-refractivity contribution is 0.623. The Bertz CT molecular complexity index is 641. The average Bonchev–Trinajstić information content (AvgIpc) is 2.51. The zero-order valence-corrected chi connectivity index (χ0v) is 12.4. The largest absolute Gasteiger partial charge is 0.356 e.